The van der Waals surface area contributed by atoms with Gasteiger partial charge in [-0.3, -0.25) is 0 Å². The summed E-state index contributed by atoms with van der Waals surface area (Å²) in [5.41, 5.74) is 2.46. The number of hydrogen-bond acceptors (Lipinski definition) is 3. The Hall–Kier alpha value is -0.640. The molecule has 0 saturated heterocycles. The molecule has 0 saturated carbocycles. The van der Waals surface area contributed by atoms with E-state index in [1.165, 1.54) is 16.2 Å². The SMILES string of the molecule is CN(C)CC1=C(c2ccc(Cl)cc2)NCS1. The van der Waals surface area contributed by atoms with Crippen LogP contribution < -0.4 is 5.32 Å². The van der Waals surface area contributed by atoms with Gasteiger partial charge in [-0.05, 0) is 31.8 Å². The molecular weight excluding hydrogens is 240 g/mol. The second-order valence-electron chi connectivity index (χ2n) is 4.01. The first-order chi connectivity index (χ1) is 7.66. The van der Waals surface area contributed by atoms with Crippen molar-refractivity contribution in [3.8, 4) is 0 Å². The number of likely N-dealkylation sites (N-methyl/N-ethyl adjacent to an activating group) is 1. The Morgan fingerprint density at radius 3 is 2.62 bits per heavy atom. The minimum absolute atomic E-state index is 0.782. The molecule has 0 bridgehead atoms. The Balaban J connectivity index is 2.27. The van der Waals surface area contributed by atoms with Crippen LogP contribution in [0.2, 0.25) is 5.02 Å². The van der Waals surface area contributed by atoms with E-state index in [1.807, 2.05) is 23.9 Å². The molecule has 0 aliphatic carbocycles. The van der Waals surface area contributed by atoms with Crippen LogP contribution in [0.25, 0.3) is 5.70 Å². The van der Waals surface area contributed by atoms with Gasteiger partial charge in [0, 0.05) is 16.5 Å². The lowest BCUT2D eigenvalue weighted by Crippen LogP contribution is -2.14. The van der Waals surface area contributed by atoms with Crippen LogP contribution in [-0.4, -0.2) is 31.4 Å². The highest BCUT2D eigenvalue weighted by Gasteiger charge is 2.16. The van der Waals surface area contributed by atoms with Crippen molar-refractivity contribution in [3.63, 3.8) is 0 Å². The normalized spacial score (nSPS) is 15.8. The molecule has 0 spiro atoms. The van der Waals surface area contributed by atoms with E-state index in [4.69, 9.17) is 11.6 Å². The summed E-state index contributed by atoms with van der Waals surface area (Å²) in [6, 6.07) is 7.99. The van der Waals surface area contributed by atoms with E-state index in [-0.39, 0.29) is 0 Å². The van der Waals surface area contributed by atoms with Gasteiger partial charge in [0.2, 0.25) is 0 Å². The minimum Gasteiger partial charge on any atom is -0.375 e. The highest BCUT2D eigenvalue weighted by atomic mass is 35.5. The van der Waals surface area contributed by atoms with E-state index >= 15 is 0 Å². The molecular formula is C12H15ClN2S. The Morgan fingerprint density at radius 2 is 2.00 bits per heavy atom. The van der Waals surface area contributed by atoms with Crippen LogP contribution >= 0.6 is 23.4 Å². The molecule has 2 rings (SSSR count). The van der Waals surface area contributed by atoms with Crippen LogP contribution in [0.4, 0.5) is 0 Å². The maximum absolute atomic E-state index is 5.89. The molecule has 1 N–H and O–H groups in total. The molecule has 1 aliphatic rings. The molecule has 0 amide bonds. The molecule has 0 aromatic heterocycles. The lowest BCUT2D eigenvalue weighted by Gasteiger charge is -2.12. The average Bonchev–Trinajstić information content (AvgIpc) is 2.66. The first-order valence-corrected chi connectivity index (χ1v) is 6.53. The number of benzene rings is 1. The number of nitrogens with zero attached hydrogens (tertiary/aromatic N) is 1. The van der Waals surface area contributed by atoms with E-state index in [0.717, 1.165) is 17.4 Å². The fourth-order valence-electron chi connectivity index (χ4n) is 1.66. The molecule has 16 heavy (non-hydrogen) atoms. The summed E-state index contributed by atoms with van der Waals surface area (Å²) in [6.45, 7) is 0.982. The zero-order valence-electron chi connectivity index (χ0n) is 9.46. The maximum atomic E-state index is 5.89. The smallest absolute Gasteiger partial charge is 0.0655 e. The summed E-state index contributed by atoms with van der Waals surface area (Å²) in [4.78, 5) is 3.58. The quantitative estimate of drug-likeness (QED) is 0.893. The van der Waals surface area contributed by atoms with Gasteiger partial charge in [-0.15, -0.1) is 11.8 Å². The molecule has 0 radical (unpaired) electrons. The van der Waals surface area contributed by atoms with Crippen LogP contribution in [-0.2, 0) is 0 Å². The first-order valence-electron chi connectivity index (χ1n) is 5.17. The number of thioether (sulfide) groups is 1. The second kappa shape index (κ2) is 5.13. The standard InChI is InChI=1S/C12H15ClN2S/c1-15(2)7-11-12(14-8-16-11)9-3-5-10(13)6-4-9/h3-6,14H,7-8H2,1-2H3. The summed E-state index contributed by atoms with van der Waals surface area (Å²) >= 11 is 7.76. The van der Waals surface area contributed by atoms with Crippen molar-refractivity contribution < 1.29 is 0 Å². The molecule has 1 aromatic rings. The van der Waals surface area contributed by atoms with Gasteiger partial charge in [-0.2, -0.15) is 0 Å². The van der Waals surface area contributed by atoms with Crippen molar-refractivity contribution in [3.05, 3.63) is 39.8 Å². The van der Waals surface area contributed by atoms with Crippen molar-refractivity contribution in [2.75, 3.05) is 26.5 Å². The average molecular weight is 255 g/mol. The highest BCUT2D eigenvalue weighted by Crippen LogP contribution is 2.31. The van der Waals surface area contributed by atoms with Crippen molar-refractivity contribution in [2.45, 2.75) is 0 Å². The number of rotatable bonds is 3. The summed E-state index contributed by atoms with van der Waals surface area (Å²) in [5.74, 6) is 0.959. The van der Waals surface area contributed by atoms with Crippen LogP contribution in [0.1, 0.15) is 5.56 Å². The Morgan fingerprint density at radius 1 is 1.31 bits per heavy atom. The monoisotopic (exact) mass is 254 g/mol. The fraction of sp³-hybridized carbons (Fsp3) is 0.333. The van der Waals surface area contributed by atoms with E-state index in [2.05, 4.69) is 36.4 Å². The third-order valence-corrected chi connectivity index (χ3v) is 3.59. The van der Waals surface area contributed by atoms with Gasteiger partial charge < -0.3 is 10.2 Å². The molecule has 1 heterocycles. The molecule has 1 aromatic carbocycles. The Labute approximate surface area is 106 Å². The van der Waals surface area contributed by atoms with Crippen LogP contribution in [0, 0.1) is 0 Å². The molecule has 0 fully saturated rings. The summed E-state index contributed by atoms with van der Waals surface area (Å²) in [7, 11) is 4.18. The lowest BCUT2D eigenvalue weighted by molar-refractivity contribution is 0.454. The predicted octanol–water partition coefficient (Wildman–Crippen LogP) is 2.86. The van der Waals surface area contributed by atoms with Crippen molar-refractivity contribution in [1.82, 2.24) is 10.2 Å². The molecule has 86 valence electrons. The van der Waals surface area contributed by atoms with E-state index in [9.17, 15) is 0 Å². The maximum Gasteiger partial charge on any atom is 0.0655 e. The fourth-order valence-corrected chi connectivity index (χ4v) is 2.86. The second-order valence-corrected chi connectivity index (χ2v) is 5.51. The molecule has 0 unspecified atom stereocenters. The van der Waals surface area contributed by atoms with E-state index in [1.54, 1.807) is 0 Å². The van der Waals surface area contributed by atoms with Gasteiger partial charge in [0.25, 0.3) is 0 Å². The predicted molar refractivity (Wildman–Crippen MR) is 72.5 cm³/mol. The highest BCUT2D eigenvalue weighted by molar-refractivity contribution is 8.03. The first kappa shape index (κ1) is 11.8. The summed E-state index contributed by atoms with van der Waals surface area (Å²) in [5, 5.41) is 4.20. The number of halogens is 1. The summed E-state index contributed by atoms with van der Waals surface area (Å²) in [6.07, 6.45) is 0. The number of hydrogen-bond donors (Lipinski definition) is 1. The van der Waals surface area contributed by atoms with E-state index in [0.29, 0.717) is 0 Å². The minimum atomic E-state index is 0.782. The van der Waals surface area contributed by atoms with Gasteiger partial charge >= 0.3 is 0 Å². The zero-order valence-corrected chi connectivity index (χ0v) is 11.0. The third-order valence-electron chi connectivity index (χ3n) is 2.37. The van der Waals surface area contributed by atoms with Crippen molar-refractivity contribution in [1.29, 1.82) is 0 Å². The Kier molecular flexibility index (Phi) is 3.79. The van der Waals surface area contributed by atoms with Crippen molar-refractivity contribution in [2.24, 2.45) is 0 Å². The van der Waals surface area contributed by atoms with Crippen LogP contribution in [0.15, 0.2) is 29.2 Å². The molecule has 1 aliphatic heterocycles. The zero-order chi connectivity index (χ0) is 11.5. The van der Waals surface area contributed by atoms with Gasteiger partial charge in [0.05, 0.1) is 11.6 Å². The molecule has 4 heteroatoms. The van der Waals surface area contributed by atoms with E-state index < -0.39 is 0 Å². The summed E-state index contributed by atoms with van der Waals surface area (Å²) < 4.78 is 0. The topological polar surface area (TPSA) is 15.3 Å². The van der Waals surface area contributed by atoms with Gasteiger partial charge in [-0.25, -0.2) is 0 Å². The van der Waals surface area contributed by atoms with Crippen LogP contribution in [0.5, 0.6) is 0 Å². The largest absolute Gasteiger partial charge is 0.375 e. The van der Waals surface area contributed by atoms with Gasteiger partial charge in [-0.1, -0.05) is 23.7 Å². The van der Waals surface area contributed by atoms with Crippen molar-refractivity contribution >= 4 is 29.1 Å². The number of nitrogens with one attached hydrogen (secondary N) is 1. The molecule has 2 nitrogen and oxygen atoms in total. The van der Waals surface area contributed by atoms with Crippen LogP contribution in [0.3, 0.4) is 0 Å². The third kappa shape index (κ3) is 2.73. The Bertz CT molecular complexity index is 398. The molecule has 0 atom stereocenters. The van der Waals surface area contributed by atoms with Gasteiger partial charge in [0.1, 0.15) is 0 Å². The lowest BCUT2D eigenvalue weighted by atomic mass is 10.1. The van der Waals surface area contributed by atoms with Gasteiger partial charge in [0.15, 0.2) is 0 Å².